The van der Waals surface area contributed by atoms with Crippen LogP contribution in [0.5, 0.6) is 11.6 Å². The highest BCUT2D eigenvalue weighted by molar-refractivity contribution is 5.91. The largest absolute Gasteiger partial charge is 0.467 e. The van der Waals surface area contributed by atoms with Gasteiger partial charge in [0, 0.05) is 29.3 Å². The fraction of sp³-hybridized carbons (Fsp3) is 0.0800. The summed E-state index contributed by atoms with van der Waals surface area (Å²) in [5.41, 5.74) is 3.07. The van der Waals surface area contributed by atoms with Crippen LogP contribution < -0.4 is 10.2 Å². The summed E-state index contributed by atoms with van der Waals surface area (Å²) in [5, 5.41) is 11.1. The molecule has 0 fully saturated rings. The van der Waals surface area contributed by atoms with Gasteiger partial charge in [-0.3, -0.25) is 10.4 Å². The van der Waals surface area contributed by atoms with Crippen molar-refractivity contribution < 1.29 is 9.15 Å². The average molecular weight is 406 g/mol. The fourth-order valence-corrected chi connectivity index (χ4v) is 4.28. The molecule has 3 aromatic heterocycles. The molecule has 6 rings (SSSR count). The van der Waals surface area contributed by atoms with Crippen LogP contribution in [0.4, 0.5) is 0 Å². The topological polar surface area (TPSA) is 76.9 Å². The van der Waals surface area contributed by atoms with Crippen molar-refractivity contribution >= 4 is 10.8 Å². The maximum absolute atomic E-state index is 8.99. The minimum atomic E-state index is -0.207. The summed E-state index contributed by atoms with van der Waals surface area (Å²) in [6.07, 6.45) is 6.88. The zero-order valence-electron chi connectivity index (χ0n) is 16.5. The van der Waals surface area contributed by atoms with E-state index in [1.54, 1.807) is 23.4 Å². The molecule has 1 aliphatic heterocycles. The van der Waals surface area contributed by atoms with Crippen molar-refractivity contribution in [1.29, 1.82) is 5.41 Å². The van der Waals surface area contributed by atoms with E-state index in [1.165, 1.54) is 0 Å². The number of benzene rings is 2. The quantitative estimate of drug-likeness (QED) is 0.456. The van der Waals surface area contributed by atoms with E-state index in [0.29, 0.717) is 17.9 Å². The molecule has 5 aromatic rings. The summed E-state index contributed by atoms with van der Waals surface area (Å²) in [6.45, 7) is 0.427. The Balaban J connectivity index is 1.60. The molecule has 150 valence electrons. The number of hydrogen-bond donors (Lipinski definition) is 1. The lowest BCUT2D eigenvalue weighted by atomic mass is 9.83. The number of hydrogen-bond acceptors (Lipinski definition) is 5. The van der Waals surface area contributed by atoms with Crippen LogP contribution in [0.3, 0.4) is 0 Å². The summed E-state index contributed by atoms with van der Waals surface area (Å²) in [7, 11) is 0. The van der Waals surface area contributed by atoms with E-state index in [1.807, 2.05) is 42.6 Å². The molecule has 0 bridgehead atoms. The van der Waals surface area contributed by atoms with Gasteiger partial charge in [-0.1, -0.05) is 42.5 Å². The maximum atomic E-state index is 8.99. The average Bonchev–Trinajstić information content (AvgIpc) is 3.33. The van der Waals surface area contributed by atoms with E-state index in [-0.39, 0.29) is 5.92 Å². The first-order valence-electron chi connectivity index (χ1n) is 10.1. The van der Waals surface area contributed by atoms with Crippen LogP contribution in [0.2, 0.25) is 0 Å². The monoisotopic (exact) mass is 406 g/mol. The Morgan fingerprint density at radius 3 is 2.77 bits per heavy atom. The molecule has 0 amide bonds. The van der Waals surface area contributed by atoms with Gasteiger partial charge in [0.05, 0.1) is 18.4 Å². The highest BCUT2D eigenvalue weighted by Gasteiger charge is 2.33. The Morgan fingerprint density at radius 1 is 1.00 bits per heavy atom. The molecule has 4 heterocycles. The Hall–Kier alpha value is -4.19. The molecule has 0 spiro atoms. The molecule has 1 atom stereocenters. The van der Waals surface area contributed by atoms with Crippen molar-refractivity contribution in [3.63, 3.8) is 0 Å². The van der Waals surface area contributed by atoms with Crippen LogP contribution in [0, 0.1) is 5.41 Å². The molecular weight excluding hydrogens is 388 g/mol. The zero-order valence-corrected chi connectivity index (χ0v) is 16.5. The van der Waals surface area contributed by atoms with Crippen molar-refractivity contribution in [3.8, 4) is 11.6 Å². The van der Waals surface area contributed by atoms with Gasteiger partial charge in [0.1, 0.15) is 23.3 Å². The number of aromatic nitrogens is 3. The third-order valence-corrected chi connectivity index (χ3v) is 5.72. The van der Waals surface area contributed by atoms with Crippen molar-refractivity contribution in [2.45, 2.75) is 12.5 Å². The minimum absolute atomic E-state index is 0.207. The van der Waals surface area contributed by atoms with E-state index in [9.17, 15) is 0 Å². The lowest BCUT2D eigenvalue weighted by Crippen LogP contribution is -2.30. The second kappa shape index (κ2) is 6.95. The third-order valence-electron chi connectivity index (χ3n) is 5.72. The second-order valence-electron chi connectivity index (χ2n) is 7.55. The van der Waals surface area contributed by atoms with Gasteiger partial charge in [0.25, 0.3) is 0 Å². The van der Waals surface area contributed by atoms with Crippen LogP contribution in [0.1, 0.15) is 28.4 Å². The van der Waals surface area contributed by atoms with Crippen LogP contribution in [0.25, 0.3) is 10.8 Å². The van der Waals surface area contributed by atoms with E-state index in [0.717, 1.165) is 39.0 Å². The molecule has 0 radical (unpaired) electrons. The minimum Gasteiger partial charge on any atom is -0.467 e. The summed E-state index contributed by atoms with van der Waals surface area (Å²) < 4.78 is 13.6. The normalized spacial score (nSPS) is 14.6. The second-order valence-corrected chi connectivity index (χ2v) is 7.55. The number of fused-ring (bicyclic) bond motifs is 4. The number of nitrogens with zero attached hydrogens (tertiary/aromatic N) is 3. The molecule has 6 nitrogen and oxygen atoms in total. The molecule has 0 saturated carbocycles. The van der Waals surface area contributed by atoms with Gasteiger partial charge in [-0.2, -0.15) is 0 Å². The SMILES string of the molecule is N=c1c2c(ncn1Cc1ccco1)Oc1c(ccc3ccccc13)C2c1cccnc1. The predicted molar refractivity (Wildman–Crippen MR) is 115 cm³/mol. The van der Waals surface area contributed by atoms with Gasteiger partial charge in [-0.15, -0.1) is 0 Å². The van der Waals surface area contributed by atoms with E-state index >= 15 is 0 Å². The van der Waals surface area contributed by atoms with Gasteiger partial charge in [-0.05, 0) is 29.1 Å². The summed E-state index contributed by atoms with van der Waals surface area (Å²) in [6, 6.07) is 20.0. The van der Waals surface area contributed by atoms with Crippen LogP contribution >= 0.6 is 0 Å². The molecule has 0 saturated heterocycles. The first kappa shape index (κ1) is 17.7. The first-order chi connectivity index (χ1) is 15.3. The smallest absolute Gasteiger partial charge is 0.228 e. The number of pyridine rings is 1. The van der Waals surface area contributed by atoms with Crippen LogP contribution in [-0.2, 0) is 6.54 Å². The number of nitrogens with one attached hydrogen (secondary N) is 1. The van der Waals surface area contributed by atoms with Crippen LogP contribution in [-0.4, -0.2) is 14.5 Å². The van der Waals surface area contributed by atoms with E-state index in [2.05, 4.69) is 34.2 Å². The lowest BCUT2D eigenvalue weighted by molar-refractivity contribution is 0.423. The van der Waals surface area contributed by atoms with E-state index in [4.69, 9.17) is 14.6 Å². The molecule has 0 aliphatic carbocycles. The number of rotatable bonds is 3. The van der Waals surface area contributed by atoms with Crippen molar-refractivity contribution in [3.05, 3.63) is 114 Å². The molecular formula is C25H18N4O2. The first-order valence-corrected chi connectivity index (χ1v) is 10.1. The fourth-order valence-electron chi connectivity index (χ4n) is 4.28. The predicted octanol–water partition coefficient (Wildman–Crippen LogP) is 4.84. The Labute approximate surface area is 177 Å². The van der Waals surface area contributed by atoms with Crippen molar-refractivity contribution in [1.82, 2.24) is 14.5 Å². The van der Waals surface area contributed by atoms with Gasteiger partial charge >= 0.3 is 0 Å². The Kier molecular flexibility index (Phi) is 3.96. The number of furan rings is 1. The molecule has 6 heteroatoms. The highest BCUT2D eigenvalue weighted by atomic mass is 16.5. The van der Waals surface area contributed by atoms with Gasteiger partial charge in [0.15, 0.2) is 0 Å². The molecule has 1 aliphatic rings. The number of ether oxygens (including phenoxy) is 1. The highest BCUT2D eigenvalue weighted by Crippen LogP contribution is 2.47. The van der Waals surface area contributed by atoms with Crippen molar-refractivity contribution in [2.75, 3.05) is 0 Å². The standard InChI is InChI=1S/C25H18N4O2/c26-24-22-21(17-6-3-11-27-13-17)20-10-9-16-5-1-2-8-19(16)23(20)31-25(22)28-15-29(24)14-18-7-4-12-30-18/h1-13,15,21,26H,14H2. The van der Waals surface area contributed by atoms with Crippen LogP contribution in [0.15, 0.2) is 90.1 Å². The lowest BCUT2D eigenvalue weighted by Gasteiger charge is -2.29. The Bertz CT molecular complexity index is 1460. The third kappa shape index (κ3) is 2.84. The molecule has 2 aromatic carbocycles. The molecule has 1 N–H and O–H groups in total. The summed E-state index contributed by atoms with van der Waals surface area (Å²) in [5.74, 6) is 1.80. The maximum Gasteiger partial charge on any atom is 0.228 e. The van der Waals surface area contributed by atoms with Crippen molar-refractivity contribution in [2.24, 2.45) is 0 Å². The van der Waals surface area contributed by atoms with Gasteiger partial charge in [-0.25, -0.2) is 4.98 Å². The van der Waals surface area contributed by atoms with Gasteiger partial charge in [0.2, 0.25) is 5.88 Å². The zero-order chi connectivity index (χ0) is 20.8. The Morgan fingerprint density at radius 2 is 1.94 bits per heavy atom. The summed E-state index contributed by atoms with van der Waals surface area (Å²) >= 11 is 0. The summed E-state index contributed by atoms with van der Waals surface area (Å²) in [4.78, 5) is 8.94. The van der Waals surface area contributed by atoms with E-state index < -0.39 is 0 Å². The molecule has 31 heavy (non-hydrogen) atoms. The van der Waals surface area contributed by atoms with Gasteiger partial charge < -0.3 is 13.7 Å². The molecule has 1 unspecified atom stereocenters.